The molecular weight excluding hydrogens is 562 g/mol. The van der Waals surface area contributed by atoms with Crippen LogP contribution in [0.4, 0.5) is 0 Å². The first-order valence-corrected chi connectivity index (χ1v) is 15.6. The molecule has 4 heterocycles. The van der Waals surface area contributed by atoms with Gasteiger partial charge in [0.25, 0.3) is 0 Å². The maximum absolute atomic E-state index is 14.9. The SMILES string of the molecule is C=CCCCOC(=O)[C@@H]1[C@H]2C(=O)N([C@@H](CO)CC(C)C)C(C(=O)N(CC=C)Cn3nnc4ccccc43)C23CC(C)[C@@]1(C)O3. The Morgan fingerprint density at radius 3 is 2.70 bits per heavy atom. The number of para-hydroxylation sites is 1. The van der Waals surface area contributed by atoms with Crippen LogP contribution in [-0.4, -0.2) is 90.7 Å². The van der Waals surface area contributed by atoms with Crippen LogP contribution in [0.1, 0.15) is 53.4 Å². The first kappa shape index (κ1) is 31.8. The molecule has 2 bridgehead atoms. The normalized spacial score (nSPS) is 29.7. The van der Waals surface area contributed by atoms with Crippen LogP contribution >= 0.6 is 0 Å². The van der Waals surface area contributed by atoms with E-state index in [-0.39, 0.29) is 50.1 Å². The fourth-order valence-electron chi connectivity index (χ4n) is 7.75. The van der Waals surface area contributed by atoms with Gasteiger partial charge in [-0.05, 0) is 56.6 Å². The van der Waals surface area contributed by atoms with Gasteiger partial charge in [0.2, 0.25) is 11.8 Å². The molecule has 0 radical (unpaired) electrons. The number of rotatable bonds is 14. The number of carbonyl (C=O) groups excluding carboxylic acids is 3. The Bertz CT molecular complexity index is 1420. The van der Waals surface area contributed by atoms with Gasteiger partial charge in [-0.1, -0.05) is 50.3 Å². The predicted molar refractivity (Wildman–Crippen MR) is 164 cm³/mol. The van der Waals surface area contributed by atoms with E-state index < -0.39 is 41.1 Å². The maximum atomic E-state index is 14.9. The molecule has 3 saturated heterocycles. The molecule has 1 spiro atoms. The Labute approximate surface area is 258 Å². The molecule has 3 aliphatic rings. The average Bonchev–Trinajstić information content (AvgIpc) is 3.66. The maximum Gasteiger partial charge on any atom is 0.312 e. The van der Waals surface area contributed by atoms with Crippen LogP contribution in [0.15, 0.2) is 49.6 Å². The van der Waals surface area contributed by atoms with Crippen molar-refractivity contribution in [2.24, 2.45) is 23.7 Å². The van der Waals surface area contributed by atoms with Gasteiger partial charge in [0, 0.05) is 6.54 Å². The topological polar surface area (TPSA) is 127 Å². The molecule has 3 fully saturated rings. The number of ether oxygens (including phenoxy) is 2. The van der Waals surface area contributed by atoms with E-state index in [2.05, 4.69) is 23.5 Å². The van der Waals surface area contributed by atoms with Gasteiger partial charge in [0.1, 0.15) is 29.7 Å². The zero-order chi connectivity index (χ0) is 31.8. The van der Waals surface area contributed by atoms with Crippen molar-refractivity contribution in [3.8, 4) is 0 Å². The monoisotopic (exact) mass is 607 g/mol. The first-order valence-electron chi connectivity index (χ1n) is 15.6. The third-order valence-electron chi connectivity index (χ3n) is 9.77. The number of amides is 2. The fraction of sp³-hybridized carbons (Fsp3) is 0.606. The molecule has 238 valence electrons. The first-order chi connectivity index (χ1) is 21.0. The molecule has 0 saturated carbocycles. The largest absolute Gasteiger partial charge is 0.465 e. The van der Waals surface area contributed by atoms with Gasteiger partial charge in [-0.2, -0.15) is 0 Å². The number of hydrogen-bond acceptors (Lipinski definition) is 8. The molecule has 11 heteroatoms. The Balaban J connectivity index is 1.57. The summed E-state index contributed by atoms with van der Waals surface area (Å²) in [5, 5.41) is 19.1. The predicted octanol–water partition coefficient (Wildman–Crippen LogP) is 3.33. The summed E-state index contributed by atoms with van der Waals surface area (Å²) in [7, 11) is 0. The fourth-order valence-corrected chi connectivity index (χ4v) is 7.75. The molecule has 3 unspecified atom stereocenters. The Morgan fingerprint density at radius 1 is 1.27 bits per heavy atom. The number of allylic oxidation sites excluding steroid dienone is 1. The molecule has 7 atom stereocenters. The van der Waals surface area contributed by atoms with Crippen LogP contribution in [0.25, 0.3) is 11.0 Å². The van der Waals surface area contributed by atoms with E-state index in [9.17, 15) is 19.5 Å². The Kier molecular flexibility index (Phi) is 9.00. The van der Waals surface area contributed by atoms with Gasteiger partial charge in [-0.15, -0.1) is 18.3 Å². The number of carbonyl (C=O) groups is 3. The summed E-state index contributed by atoms with van der Waals surface area (Å²) in [5.41, 5.74) is -0.794. The Morgan fingerprint density at radius 2 is 2.02 bits per heavy atom. The molecule has 11 nitrogen and oxygen atoms in total. The third-order valence-corrected chi connectivity index (χ3v) is 9.77. The van der Waals surface area contributed by atoms with E-state index in [1.54, 1.807) is 21.7 Å². The van der Waals surface area contributed by atoms with Gasteiger partial charge in [-0.3, -0.25) is 14.4 Å². The highest BCUT2D eigenvalue weighted by Gasteiger charge is 2.80. The minimum absolute atomic E-state index is 0.0697. The smallest absolute Gasteiger partial charge is 0.312 e. The second-order valence-electron chi connectivity index (χ2n) is 13.1. The quantitative estimate of drug-likeness (QED) is 0.197. The van der Waals surface area contributed by atoms with Crippen LogP contribution in [0.3, 0.4) is 0 Å². The van der Waals surface area contributed by atoms with Crippen molar-refractivity contribution in [3.05, 3.63) is 49.6 Å². The number of aliphatic hydroxyl groups excluding tert-OH is 1. The van der Waals surface area contributed by atoms with Gasteiger partial charge in [0.15, 0.2) is 0 Å². The summed E-state index contributed by atoms with van der Waals surface area (Å²) in [4.78, 5) is 46.3. The molecule has 3 aliphatic heterocycles. The van der Waals surface area contributed by atoms with Gasteiger partial charge in [-0.25, -0.2) is 4.68 Å². The lowest BCUT2D eigenvalue weighted by molar-refractivity contribution is -0.164. The second-order valence-corrected chi connectivity index (χ2v) is 13.1. The van der Waals surface area contributed by atoms with Crippen molar-refractivity contribution in [2.45, 2.75) is 83.3 Å². The lowest BCUT2D eigenvalue weighted by Gasteiger charge is -2.39. The van der Waals surface area contributed by atoms with E-state index >= 15 is 0 Å². The molecular formula is C33H45N5O6. The van der Waals surface area contributed by atoms with Crippen LogP contribution in [0.2, 0.25) is 0 Å². The van der Waals surface area contributed by atoms with Crippen molar-refractivity contribution in [1.82, 2.24) is 24.8 Å². The van der Waals surface area contributed by atoms with E-state index in [0.717, 1.165) is 5.52 Å². The minimum Gasteiger partial charge on any atom is -0.465 e. The zero-order valence-corrected chi connectivity index (χ0v) is 26.2. The van der Waals surface area contributed by atoms with Gasteiger partial charge in [0.05, 0.1) is 36.3 Å². The molecule has 2 amide bonds. The summed E-state index contributed by atoms with van der Waals surface area (Å²) in [6.07, 6.45) is 5.62. The van der Waals surface area contributed by atoms with E-state index in [1.807, 2.05) is 52.0 Å². The number of nitrogens with zero attached hydrogens (tertiary/aromatic N) is 5. The molecule has 5 rings (SSSR count). The van der Waals surface area contributed by atoms with Gasteiger partial charge >= 0.3 is 5.97 Å². The number of aliphatic hydroxyl groups is 1. The summed E-state index contributed by atoms with van der Waals surface area (Å²) in [6.45, 7) is 15.6. The highest BCUT2D eigenvalue weighted by atomic mass is 16.6. The summed E-state index contributed by atoms with van der Waals surface area (Å²) in [5.74, 6) is -2.97. The second kappa shape index (κ2) is 12.4. The van der Waals surface area contributed by atoms with E-state index in [0.29, 0.717) is 31.2 Å². The van der Waals surface area contributed by atoms with E-state index in [4.69, 9.17) is 9.47 Å². The molecule has 1 aromatic heterocycles. The lowest BCUT2D eigenvalue weighted by atomic mass is 9.62. The molecule has 1 N–H and O–H groups in total. The number of unbranched alkanes of at least 4 members (excludes halogenated alkanes) is 1. The van der Waals surface area contributed by atoms with Crippen molar-refractivity contribution in [1.29, 1.82) is 0 Å². The third kappa shape index (κ3) is 5.13. The van der Waals surface area contributed by atoms with E-state index in [1.165, 1.54) is 4.90 Å². The number of hydrogen-bond donors (Lipinski definition) is 1. The number of benzene rings is 1. The molecule has 2 aromatic rings. The van der Waals surface area contributed by atoms with Crippen LogP contribution in [0, 0.1) is 23.7 Å². The summed E-state index contributed by atoms with van der Waals surface area (Å²) < 4.78 is 14.2. The number of aromatic nitrogens is 3. The van der Waals surface area contributed by atoms with Crippen molar-refractivity contribution in [2.75, 3.05) is 19.8 Å². The Hall–Kier alpha value is -3.57. The number of esters is 1. The van der Waals surface area contributed by atoms with Crippen molar-refractivity contribution in [3.63, 3.8) is 0 Å². The number of likely N-dealkylation sites (tertiary alicyclic amines) is 1. The van der Waals surface area contributed by atoms with Crippen LogP contribution in [-0.2, 0) is 30.5 Å². The highest BCUT2D eigenvalue weighted by molar-refractivity contribution is 5.98. The van der Waals surface area contributed by atoms with Crippen molar-refractivity contribution >= 4 is 28.8 Å². The molecule has 1 aromatic carbocycles. The van der Waals surface area contributed by atoms with Crippen LogP contribution in [0.5, 0.6) is 0 Å². The van der Waals surface area contributed by atoms with Crippen molar-refractivity contribution < 1.29 is 29.0 Å². The van der Waals surface area contributed by atoms with Gasteiger partial charge < -0.3 is 24.4 Å². The minimum atomic E-state index is -1.26. The summed E-state index contributed by atoms with van der Waals surface area (Å²) >= 11 is 0. The highest BCUT2D eigenvalue weighted by Crippen LogP contribution is 2.65. The molecule has 44 heavy (non-hydrogen) atoms. The lowest BCUT2D eigenvalue weighted by Crippen LogP contribution is -2.59. The standard InChI is InChI=1S/C33H45N5O6/c1-7-9-12-16-43-31(42)27-26-29(40)38(23(19-39)17-21(3)4)28(33(26)18-22(5)32(27,6)44-33)30(41)36(15-8-2)20-37-25-14-11-10-13-24(25)34-35-37/h7-8,10-11,13-14,21-23,26-28,39H,1-2,9,12,15-20H2,3-6H3/t22?,23-,26+,27+,28?,32-,33?/m1/s1. The number of fused-ring (bicyclic) bond motifs is 2. The van der Waals surface area contributed by atoms with Crippen LogP contribution < -0.4 is 0 Å². The summed E-state index contributed by atoms with van der Waals surface area (Å²) in [6, 6.07) is 5.78. The average molecular weight is 608 g/mol. The zero-order valence-electron chi connectivity index (χ0n) is 26.2. The molecule has 0 aliphatic carbocycles.